The minimum Gasteiger partial charge on any atom is -0.444 e. The zero-order valence-corrected chi connectivity index (χ0v) is 21.3. The maximum atomic E-state index is 11.8. The van der Waals surface area contributed by atoms with Crippen LogP contribution < -0.4 is 0 Å². The van der Waals surface area contributed by atoms with Gasteiger partial charge in [-0.15, -0.1) is 22.7 Å². The number of amides is 2. The number of hydrogen-bond acceptors (Lipinski definition) is 8. The summed E-state index contributed by atoms with van der Waals surface area (Å²) in [5, 5.41) is 0. The van der Waals surface area contributed by atoms with Crippen molar-refractivity contribution < 1.29 is 19.1 Å². The van der Waals surface area contributed by atoms with Crippen LogP contribution in [0.15, 0.2) is 11.0 Å². The van der Waals surface area contributed by atoms with Crippen LogP contribution in [0, 0.1) is 0 Å². The van der Waals surface area contributed by atoms with Gasteiger partial charge in [0.15, 0.2) is 0 Å². The molecule has 0 saturated carbocycles. The third-order valence-corrected chi connectivity index (χ3v) is 6.38. The van der Waals surface area contributed by atoms with Gasteiger partial charge in [-0.25, -0.2) is 19.6 Å². The second-order valence-corrected chi connectivity index (χ2v) is 11.6. The highest BCUT2D eigenvalue weighted by atomic mass is 32.1. The van der Waals surface area contributed by atoms with Crippen molar-refractivity contribution in [3.8, 4) is 0 Å². The van der Waals surface area contributed by atoms with Crippen LogP contribution in [0.5, 0.6) is 0 Å². The first kappa shape index (κ1) is 24.4. The molecule has 4 rings (SSSR count). The van der Waals surface area contributed by atoms with E-state index in [1.807, 2.05) is 52.6 Å². The summed E-state index contributed by atoms with van der Waals surface area (Å²) in [5.74, 6) is 0. The lowest BCUT2D eigenvalue weighted by Gasteiger charge is -2.29. The molecule has 0 saturated heterocycles. The summed E-state index contributed by atoms with van der Waals surface area (Å²) < 4.78 is 10.7. The first-order chi connectivity index (χ1) is 14.9. The van der Waals surface area contributed by atoms with Crippen molar-refractivity contribution in [3.63, 3.8) is 0 Å². The molecule has 0 fully saturated rings. The summed E-state index contributed by atoms with van der Waals surface area (Å²) in [7, 11) is 0. The Morgan fingerprint density at radius 3 is 1.50 bits per heavy atom. The van der Waals surface area contributed by atoms with Gasteiger partial charge in [0, 0.05) is 35.7 Å². The van der Waals surface area contributed by atoms with E-state index in [2.05, 4.69) is 9.97 Å². The molecular weight excluding hydrogens is 448 g/mol. The summed E-state index contributed by atoms with van der Waals surface area (Å²) in [6, 6.07) is 0. The fourth-order valence-electron chi connectivity index (χ4n) is 3.20. The third-order valence-electron chi connectivity index (χ3n) is 4.66. The predicted octanol–water partition coefficient (Wildman–Crippen LogP) is 4.87. The molecule has 0 aliphatic carbocycles. The number of rotatable bonds is 0. The summed E-state index contributed by atoms with van der Waals surface area (Å²) in [6.45, 7) is 14.0. The first-order valence-electron chi connectivity index (χ1n) is 10.7. The summed E-state index contributed by atoms with van der Waals surface area (Å²) in [4.78, 5) is 38.0. The normalized spacial score (nSPS) is 15.8. The first-order valence-corrected chi connectivity index (χ1v) is 12.5. The van der Waals surface area contributed by atoms with Crippen molar-refractivity contribution in [1.29, 1.82) is 0 Å². The molecule has 0 radical (unpaired) electrons. The lowest BCUT2D eigenvalue weighted by atomic mass is 10.2. The van der Waals surface area contributed by atoms with Crippen LogP contribution >= 0.6 is 22.7 Å². The molecule has 0 N–H and O–H groups in total. The van der Waals surface area contributed by atoms with E-state index in [0.717, 1.165) is 24.2 Å². The highest BCUT2D eigenvalue weighted by Gasteiger charge is 2.27. The highest BCUT2D eigenvalue weighted by molar-refractivity contribution is 7.10. The van der Waals surface area contributed by atoms with E-state index >= 15 is 0 Å². The summed E-state index contributed by atoms with van der Waals surface area (Å²) >= 11 is 3.21. The maximum Gasteiger partial charge on any atom is 0.410 e. The number of ether oxygens (including phenoxy) is 2. The fourth-order valence-corrected chi connectivity index (χ4v) is 4.86. The van der Waals surface area contributed by atoms with Gasteiger partial charge in [0.2, 0.25) is 0 Å². The van der Waals surface area contributed by atoms with E-state index in [-0.39, 0.29) is 12.2 Å². The third kappa shape index (κ3) is 6.90. The molecule has 4 heterocycles. The second kappa shape index (κ2) is 9.74. The molecule has 2 aliphatic rings. The SMILES string of the molecule is CC(C)(C)OC(=O)N1CCc2ncsc2C1.CC(C)(C)OC(=O)N1CCc2ncsc2C1. The Labute approximate surface area is 197 Å². The largest absolute Gasteiger partial charge is 0.444 e. The number of thiazole rings is 2. The molecule has 0 atom stereocenters. The second-order valence-electron chi connectivity index (χ2n) is 9.75. The Bertz CT molecular complexity index is 866. The van der Waals surface area contributed by atoms with Crippen molar-refractivity contribution in [3.05, 3.63) is 32.2 Å². The Kier molecular flexibility index (Phi) is 7.44. The standard InChI is InChI=1S/2C11H16N2O2S/c2*1-11(2,3)15-10(14)13-5-4-8-9(6-13)16-7-12-8/h2*7H,4-6H2,1-3H3. The van der Waals surface area contributed by atoms with Crippen molar-refractivity contribution in [2.75, 3.05) is 13.1 Å². The van der Waals surface area contributed by atoms with Crippen molar-refractivity contribution in [2.24, 2.45) is 0 Å². The molecule has 0 spiro atoms. The highest BCUT2D eigenvalue weighted by Crippen LogP contribution is 2.24. The van der Waals surface area contributed by atoms with E-state index in [0.29, 0.717) is 26.2 Å². The quantitative estimate of drug-likeness (QED) is 0.535. The van der Waals surface area contributed by atoms with Gasteiger partial charge in [-0.2, -0.15) is 0 Å². The molecule has 2 aliphatic heterocycles. The molecule has 2 aromatic heterocycles. The zero-order valence-electron chi connectivity index (χ0n) is 19.6. The number of hydrogen-bond donors (Lipinski definition) is 0. The van der Waals surface area contributed by atoms with Gasteiger partial charge in [0.1, 0.15) is 11.2 Å². The van der Waals surface area contributed by atoms with Gasteiger partial charge >= 0.3 is 12.2 Å². The average Bonchev–Trinajstić information content (AvgIpc) is 3.33. The monoisotopic (exact) mass is 480 g/mol. The molecule has 2 aromatic rings. The van der Waals surface area contributed by atoms with E-state index < -0.39 is 11.2 Å². The molecule has 8 nitrogen and oxygen atoms in total. The zero-order chi connectivity index (χ0) is 23.5. The lowest BCUT2D eigenvalue weighted by Crippen LogP contribution is -2.39. The predicted molar refractivity (Wildman–Crippen MR) is 125 cm³/mol. The van der Waals surface area contributed by atoms with Gasteiger partial charge < -0.3 is 19.3 Å². The Hall–Kier alpha value is -2.20. The topological polar surface area (TPSA) is 84.9 Å². The molecule has 176 valence electrons. The van der Waals surface area contributed by atoms with Crippen LogP contribution in [0.3, 0.4) is 0 Å². The molecule has 0 unspecified atom stereocenters. The smallest absolute Gasteiger partial charge is 0.410 e. The fraction of sp³-hybridized carbons (Fsp3) is 0.636. The average molecular weight is 481 g/mol. The number of carbonyl (C=O) groups excluding carboxylic acids is 2. The van der Waals surface area contributed by atoms with Gasteiger partial charge in [-0.1, -0.05) is 0 Å². The van der Waals surface area contributed by atoms with E-state index in [1.165, 1.54) is 9.75 Å². The molecule has 10 heteroatoms. The van der Waals surface area contributed by atoms with Crippen LogP contribution in [-0.2, 0) is 35.4 Å². The molecular formula is C22H32N4O4S2. The van der Waals surface area contributed by atoms with Gasteiger partial charge in [0.05, 0.1) is 35.5 Å². The maximum absolute atomic E-state index is 11.8. The molecule has 32 heavy (non-hydrogen) atoms. The lowest BCUT2D eigenvalue weighted by molar-refractivity contribution is 0.0215. The van der Waals surface area contributed by atoms with Crippen molar-refractivity contribution in [2.45, 2.75) is 78.7 Å². The number of fused-ring (bicyclic) bond motifs is 2. The molecule has 0 bridgehead atoms. The van der Waals surface area contributed by atoms with Crippen LogP contribution in [0.1, 0.15) is 62.7 Å². The summed E-state index contributed by atoms with van der Waals surface area (Å²) in [6.07, 6.45) is 1.20. The Morgan fingerprint density at radius 2 is 1.16 bits per heavy atom. The molecule has 0 aromatic carbocycles. The van der Waals surface area contributed by atoms with Gasteiger partial charge in [-0.3, -0.25) is 0 Å². The van der Waals surface area contributed by atoms with Crippen LogP contribution in [0.2, 0.25) is 0 Å². The van der Waals surface area contributed by atoms with Gasteiger partial charge in [-0.05, 0) is 41.5 Å². The van der Waals surface area contributed by atoms with E-state index in [1.54, 1.807) is 32.5 Å². The number of aromatic nitrogens is 2. The van der Waals surface area contributed by atoms with Crippen LogP contribution in [-0.4, -0.2) is 56.2 Å². The Morgan fingerprint density at radius 1 is 0.781 bits per heavy atom. The van der Waals surface area contributed by atoms with Crippen LogP contribution in [0.25, 0.3) is 0 Å². The number of carbonyl (C=O) groups is 2. The van der Waals surface area contributed by atoms with E-state index in [4.69, 9.17) is 9.47 Å². The molecule has 2 amide bonds. The van der Waals surface area contributed by atoms with E-state index in [9.17, 15) is 9.59 Å². The van der Waals surface area contributed by atoms with Crippen molar-refractivity contribution >= 4 is 34.9 Å². The number of nitrogens with zero attached hydrogens (tertiary/aromatic N) is 4. The van der Waals surface area contributed by atoms with Gasteiger partial charge in [0.25, 0.3) is 0 Å². The minimum atomic E-state index is -0.426. The Balaban J connectivity index is 0.000000181. The van der Waals surface area contributed by atoms with Crippen molar-refractivity contribution in [1.82, 2.24) is 19.8 Å². The minimum absolute atomic E-state index is 0.230. The summed E-state index contributed by atoms with van der Waals surface area (Å²) in [5.41, 5.74) is 5.08. The van der Waals surface area contributed by atoms with Crippen LogP contribution in [0.4, 0.5) is 9.59 Å².